The lowest BCUT2D eigenvalue weighted by Crippen LogP contribution is -2.31. The number of aryl methyl sites for hydroxylation is 1. The third-order valence-corrected chi connectivity index (χ3v) is 4.83. The number of benzene rings is 2. The van der Waals surface area contributed by atoms with Gasteiger partial charge in [-0.25, -0.2) is 0 Å². The average Bonchev–Trinajstić information content (AvgIpc) is 2.67. The highest BCUT2D eigenvalue weighted by molar-refractivity contribution is 5.94. The first-order valence-corrected chi connectivity index (χ1v) is 9.37. The fraction of sp³-hybridized carbons (Fsp3) is 0.364. The molecule has 5 heteroatoms. The van der Waals surface area contributed by atoms with Crippen LogP contribution in [0.15, 0.2) is 48.5 Å². The number of carbonyl (C=O) groups is 2. The van der Waals surface area contributed by atoms with Crippen molar-refractivity contribution in [2.24, 2.45) is 0 Å². The van der Waals surface area contributed by atoms with Crippen molar-refractivity contribution < 1.29 is 14.3 Å². The summed E-state index contributed by atoms with van der Waals surface area (Å²) < 4.78 is 5.58. The van der Waals surface area contributed by atoms with Crippen LogP contribution < -0.4 is 10.1 Å². The number of carbonyl (C=O) groups excluding carboxylic acids is 2. The molecular formula is C22H26N2O3. The summed E-state index contributed by atoms with van der Waals surface area (Å²) in [7, 11) is 3.92. The van der Waals surface area contributed by atoms with E-state index in [1.807, 2.05) is 37.2 Å². The molecule has 1 unspecified atom stereocenters. The highest BCUT2D eigenvalue weighted by Gasteiger charge is 2.27. The maximum absolute atomic E-state index is 12.6. The molecule has 1 atom stereocenters. The zero-order valence-corrected chi connectivity index (χ0v) is 15.9. The fourth-order valence-corrected chi connectivity index (χ4v) is 3.36. The van der Waals surface area contributed by atoms with E-state index < -0.39 is 0 Å². The second-order valence-electron chi connectivity index (χ2n) is 7.15. The minimum absolute atomic E-state index is 0.129. The van der Waals surface area contributed by atoms with Crippen LogP contribution in [0.2, 0.25) is 0 Å². The Bertz CT molecular complexity index is 799. The highest BCUT2D eigenvalue weighted by atomic mass is 16.5. The van der Waals surface area contributed by atoms with E-state index >= 15 is 0 Å². The molecule has 0 aliphatic heterocycles. The number of esters is 1. The Hall–Kier alpha value is -2.66. The van der Waals surface area contributed by atoms with E-state index in [-0.39, 0.29) is 17.8 Å². The molecule has 1 aliphatic rings. The van der Waals surface area contributed by atoms with Crippen LogP contribution in [0.1, 0.15) is 40.2 Å². The lowest BCUT2D eigenvalue weighted by atomic mass is 9.83. The lowest BCUT2D eigenvalue weighted by Gasteiger charge is -2.23. The molecule has 142 valence electrons. The Balaban J connectivity index is 1.60. The van der Waals surface area contributed by atoms with Gasteiger partial charge < -0.3 is 15.0 Å². The topological polar surface area (TPSA) is 58.6 Å². The van der Waals surface area contributed by atoms with Crippen molar-refractivity contribution in [2.45, 2.75) is 25.2 Å². The molecule has 5 nitrogen and oxygen atoms in total. The molecule has 0 bridgehead atoms. The predicted octanol–water partition coefficient (Wildman–Crippen LogP) is 3.00. The number of fused-ring (bicyclic) bond motifs is 1. The molecular weight excluding hydrogens is 340 g/mol. The zero-order chi connectivity index (χ0) is 19.2. The quantitative estimate of drug-likeness (QED) is 0.631. The molecule has 1 amide bonds. The summed E-state index contributed by atoms with van der Waals surface area (Å²) >= 11 is 0. The monoisotopic (exact) mass is 366 g/mol. The maximum Gasteiger partial charge on any atom is 0.318 e. The molecule has 0 spiro atoms. The van der Waals surface area contributed by atoms with Crippen LogP contribution in [0.3, 0.4) is 0 Å². The predicted molar refractivity (Wildman–Crippen MR) is 105 cm³/mol. The average molecular weight is 366 g/mol. The smallest absolute Gasteiger partial charge is 0.318 e. The van der Waals surface area contributed by atoms with Crippen LogP contribution in [0, 0.1) is 0 Å². The Morgan fingerprint density at radius 3 is 2.59 bits per heavy atom. The Morgan fingerprint density at radius 2 is 1.85 bits per heavy atom. The second-order valence-corrected chi connectivity index (χ2v) is 7.15. The molecule has 2 aromatic carbocycles. The summed E-state index contributed by atoms with van der Waals surface area (Å²) in [6.07, 6.45) is 2.81. The maximum atomic E-state index is 12.6. The van der Waals surface area contributed by atoms with Crippen molar-refractivity contribution >= 4 is 11.9 Å². The second kappa shape index (κ2) is 8.82. The molecule has 0 aromatic heterocycles. The largest absolute Gasteiger partial charge is 0.426 e. The third-order valence-electron chi connectivity index (χ3n) is 4.83. The number of amides is 1. The van der Waals surface area contributed by atoms with Crippen LogP contribution in [0.25, 0.3) is 0 Å². The number of hydrogen-bond acceptors (Lipinski definition) is 4. The number of nitrogens with zero attached hydrogens (tertiary/aromatic N) is 1. The van der Waals surface area contributed by atoms with Gasteiger partial charge in [0.2, 0.25) is 0 Å². The summed E-state index contributed by atoms with van der Waals surface area (Å²) in [5, 5.41) is 2.86. The summed E-state index contributed by atoms with van der Waals surface area (Å²) in [5.41, 5.74) is 2.86. The minimum Gasteiger partial charge on any atom is -0.426 e. The van der Waals surface area contributed by atoms with Crippen molar-refractivity contribution in [1.82, 2.24) is 10.2 Å². The van der Waals surface area contributed by atoms with Crippen LogP contribution in [-0.2, 0) is 11.2 Å². The first-order valence-electron chi connectivity index (χ1n) is 9.37. The summed E-state index contributed by atoms with van der Waals surface area (Å²) in [4.78, 5) is 26.8. The van der Waals surface area contributed by atoms with Gasteiger partial charge in [0.1, 0.15) is 5.75 Å². The molecule has 0 saturated carbocycles. The van der Waals surface area contributed by atoms with Crippen molar-refractivity contribution in [1.29, 1.82) is 0 Å². The van der Waals surface area contributed by atoms with Crippen molar-refractivity contribution in [2.75, 3.05) is 27.2 Å². The molecule has 2 aromatic rings. The summed E-state index contributed by atoms with van der Waals surface area (Å²) in [6.45, 7) is 1.37. The Kier molecular flexibility index (Phi) is 6.24. The van der Waals surface area contributed by atoms with Crippen LogP contribution in [-0.4, -0.2) is 44.0 Å². The van der Waals surface area contributed by atoms with Crippen molar-refractivity contribution in [3.63, 3.8) is 0 Å². The van der Waals surface area contributed by atoms with Gasteiger partial charge in [0.05, 0.1) is 5.92 Å². The van der Waals surface area contributed by atoms with Gasteiger partial charge in [0, 0.05) is 18.7 Å². The molecule has 0 heterocycles. The van der Waals surface area contributed by atoms with E-state index in [0.29, 0.717) is 17.9 Å². The van der Waals surface area contributed by atoms with Gasteiger partial charge in [-0.05, 0) is 68.8 Å². The van der Waals surface area contributed by atoms with E-state index in [9.17, 15) is 9.59 Å². The van der Waals surface area contributed by atoms with Gasteiger partial charge in [0.25, 0.3) is 5.91 Å². The first-order chi connectivity index (χ1) is 13.0. The number of likely N-dealkylation sites (N-methyl/N-ethyl adjacent to an activating group) is 1. The molecule has 27 heavy (non-hydrogen) atoms. The van der Waals surface area contributed by atoms with Crippen LogP contribution in [0.4, 0.5) is 0 Å². The molecule has 0 saturated heterocycles. The number of nitrogens with one attached hydrogen (secondary N) is 1. The number of rotatable bonds is 6. The van der Waals surface area contributed by atoms with E-state index in [0.717, 1.165) is 31.4 Å². The van der Waals surface area contributed by atoms with E-state index in [2.05, 4.69) is 11.4 Å². The molecule has 1 aliphatic carbocycles. The third kappa shape index (κ3) is 4.95. The zero-order valence-electron chi connectivity index (χ0n) is 15.9. The van der Waals surface area contributed by atoms with E-state index in [1.54, 1.807) is 24.3 Å². The van der Waals surface area contributed by atoms with E-state index in [4.69, 9.17) is 4.74 Å². The lowest BCUT2D eigenvalue weighted by molar-refractivity contribution is -0.136. The van der Waals surface area contributed by atoms with Gasteiger partial charge >= 0.3 is 5.97 Å². The minimum atomic E-state index is -0.231. The summed E-state index contributed by atoms with van der Waals surface area (Å²) in [6, 6.07) is 14.8. The standard InChI is InChI=1S/C22H26N2O3/c1-24(2)15-14-23-21(25)17-10-12-18(13-11-17)27-22(26)20-9-5-7-16-6-3-4-8-19(16)20/h3-4,6,8,10-13,20H,5,7,9,14-15H2,1-2H3,(H,23,25). The van der Waals surface area contributed by atoms with Crippen molar-refractivity contribution in [3.05, 3.63) is 65.2 Å². The molecule has 0 fully saturated rings. The van der Waals surface area contributed by atoms with Gasteiger partial charge in [-0.3, -0.25) is 9.59 Å². The highest BCUT2D eigenvalue weighted by Crippen LogP contribution is 2.32. The number of hydrogen-bond donors (Lipinski definition) is 1. The summed E-state index contributed by atoms with van der Waals surface area (Å²) in [5.74, 6) is -0.113. The van der Waals surface area contributed by atoms with Gasteiger partial charge in [0.15, 0.2) is 0 Å². The SMILES string of the molecule is CN(C)CCNC(=O)c1ccc(OC(=O)C2CCCc3ccccc32)cc1. The van der Waals surface area contributed by atoms with Gasteiger partial charge in [-0.2, -0.15) is 0 Å². The fourth-order valence-electron chi connectivity index (χ4n) is 3.36. The van der Waals surface area contributed by atoms with Crippen LogP contribution in [0.5, 0.6) is 5.75 Å². The van der Waals surface area contributed by atoms with Gasteiger partial charge in [-0.15, -0.1) is 0 Å². The van der Waals surface area contributed by atoms with E-state index in [1.165, 1.54) is 5.56 Å². The van der Waals surface area contributed by atoms with Gasteiger partial charge in [-0.1, -0.05) is 24.3 Å². The Morgan fingerprint density at radius 1 is 1.11 bits per heavy atom. The number of ether oxygens (including phenoxy) is 1. The first kappa shape index (κ1) is 19.1. The normalized spacial score (nSPS) is 15.9. The molecule has 3 rings (SSSR count). The molecule has 0 radical (unpaired) electrons. The molecule has 1 N–H and O–H groups in total. The van der Waals surface area contributed by atoms with Crippen molar-refractivity contribution in [3.8, 4) is 5.75 Å². The van der Waals surface area contributed by atoms with Crippen LogP contribution >= 0.6 is 0 Å². The Labute approximate surface area is 160 Å².